The van der Waals surface area contributed by atoms with E-state index in [-0.39, 0.29) is 5.91 Å². The summed E-state index contributed by atoms with van der Waals surface area (Å²) in [7, 11) is 1.62. The third kappa shape index (κ3) is 3.46. The number of amides is 1. The molecular weight excluding hydrogens is 346 g/mol. The van der Waals surface area contributed by atoms with Gasteiger partial charge in [0.05, 0.1) is 11.6 Å². The topological polar surface area (TPSA) is 33.2 Å². The van der Waals surface area contributed by atoms with Crippen molar-refractivity contribution in [3.8, 4) is 0 Å². The van der Waals surface area contributed by atoms with Crippen LogP contribution in [0.15, 0.2) is 48.5 Å². The molecule has 0 saturated heterocycles. The number of carbonyl (C=O) groups is 1. The summed E-state index contributed by atoms with van der Waals surface area (Å²) in [5.74, 6) is -2.07. The number of rotatable bonds is 3. The van der Waals surface area contributed by atoms with Crippen LogP contribution in [0.25, 0.3) is 10.9 Å². The Morgan fingerprint density at radius 1 is 1.08 bits per heavy atom. The van der Waals surface area contributed by atoms with Gasteiger partial charge in [0, 0.05) is 18.0 Å². The molecule has 0 aliphatic carbocycles. The molecule has 0 radical (unpaired) electrons. The van der Waals surface area contributed by atoms with E-state index in [0.29, 0.717) is 21.8 Å². The highest BCUT2D eigenvalue weighted by Gasteiger charge is 2.20. The fourth-order valence-corrected chi connectivity index (χ4v) is 2.76. The van der Waals surface area contributed by atoms with Crippen molar-refractivity contribution in [2.75, 3.05) is 7.05 Å². The standard InChI is InChI=1S/C19H15ClF2N2O/c1-11(12-3-6-15(21)16(22)10-12)24(2)19(25)14-4-7-17-13(9-14)5-8-18(20)23-17/h3-11H,1-2H3. The van der Waals surface area contributed by atoms with Crippen LogP contribution >= 0.6 is 11.6 Å². The van der Waals surface area contributed by atoms with Crippen LogP contribution in [0.5, 0.6) is 0 Å². The fourth-order valence-electron chi connectivity index (χ4n) is 2.61. The van der Waals surface area contributed by atoms with Crippen molar-refractivity contribution in [2.45, 2.75) is 13.0 Å². The van der Waals surface area contributed by atoms with Crippen LogP contribution < -0.4 is 0 Å². The summed E-state index contributed by atoms with van der Waals surface area (Å²) in [6.07, 6.45) is 0. The maximum Gasteiger partial charge on any atom is 0.254 e. The van der Waals surface area contributed by atoms with Gasteiger partial charge in [-0.15, -0.1) is 0 Å². The third-order valence-electron chi connectivity index (χ3n) is 4.23. The van der Waals surface area contributed by atoms with E-state index in [9.17, 15) is 13.6 Å². The fraction of sp³-hybridized carbons (Fsp3) is 0.158. The quantitative estimate of drug-likeness (QED) is 0.616. The number of hydrogen-bond donors (Lipinski definition) is 0. The molecule has 0 bridgehead atoms. The molecule has 3 nitrogen and oxygen atoms in total. The van der Waals surface area contributed by atoms with Gasteiger partial charge in [0.1, 0.15) is 5.15 Å². The zero-order chi connectivity index (χ0) is 18.1. The smallest absolute Gasteiger partial charge is 0.254 e. The average Bonchev–Trinajstić information content (AvgIpc) is 2.61. The molecule has 2 aromatic carbocycles. The van der Waals surface area contributed by atoms with Crippen LogP contribution in [0.2, 0.25) is 5.15 Å². The first-order valence-electron chi connectivity index (χ1n) is 7.65. The van der Waals surface area contributed by atoms with Crippen molar-refractivity contribution in [1.29, 1.82) is 0 Å². The van der Waals surface area contributed by atoms with Crippen molar-refractivity contribution < 1.29 is 13.6 Å². The molecule has 25 heavy (non-hydrogen) atoms. The second-order valence-electron chi connectivity index (χ2n) is 5.81. The van der Waals surface area contributed by atoms with Crippen LogP contribution in [0.3, 0.4) is 0 Å². The SMILES string of the molecule is CC(c1ccc(F)c(F)c1)N(C)C(=O)c1ccc2nc(Cl)ccc2c1. The lowest BCUT2D eigenvalue weighted by Crippen LogP contribution is -2.29. The molecule has 1 atom stereocenters. The van der Waals surface area contributed by atoms with Gasteiger partial charge < -0.3 is 4.90 Å². The van der Waals surface area contributed by atoms with Gasteiger partial charge in [-0.3, -0.25) is 4.79 Å². The van der Waals surface area contributed by atoms with E-state index >= 15 is 0 Å². The Morgan fingerprint density at radius 3 is 2.56 bits per heavy atom. The van der Waals surface area contributed by atoms with E-state index in [1.807, 2.05) is 0 Å². The molecule has 0 fully saturated rings. The van der Waals surface area contributed by atoms with Crippen LogP contribution in [0, 0.1) is 11.6 Å². The van der Waals surface area contributed by atoms with Crippen LogP contribution in [-0.2, 0) is 0 Å². The number of benzene rings is 2. The van der Waals surface area contributed by atoms with Crippen molar-refractivity contribution in [1.82, 2.24) is 9.88 Å². The number of fused-ring (bicyclic) bond motifs is 1. The maximum atomic E-state index is 13.4. The number of nitrogens with zero attached hydrogens (tertiary/aromatic N) is 2. The second-order valence-corrected chi connectivity index (χ2v) is 6.19. The Labute approximate surface area is 148 Å². The van der Waals surface area contributed by atoms with Crippen molar-refractivity contribution in [3.05, 3.63) is 76.4 Å². The Kier molecular flexibility index (Phi) is 4.68. The van der Waals surface area contributed by atoms with E-state index < -0.39 is 17.7 Å². The number of aromatic nitrogens is 1. The summed E-state index contributed by atoms with van der Waals surface area (Å²) in [5, 5.41) is 1.18. The van der Waals surface area contributed by atoms with Crippen LogP contribution in [0.4, 0.5) is 8.78 Å². The van der Waals surface area contributed by atoms with E-state index in [1.165, 1.54) is 11.0 Å². The first-order valence-corrected chi connectivity index (χ1v) is 8.03. The van der Waals surface area contributed by atoms with E-state index in [1.54, 1.807) is 44.3 Å². The van der Waals surface area contributed by atoms with Gasteiger partial charge in [0.15, 0.2) is 11.6 Å². The lowest BCUT2D eigenvalue weighted by molar-refractivity contribution is 0.0742. The number of halogens is 3. The minimum absolute atomic E-state index is 0.228. The normalized spacial score (nSPS) is 12.2. The predicted molar refractivity (Wildman–Crippen MR) is 93.6 cm³/mol. The van der Waals surface area contributed by atoms with E-state index in [4.69, 9.17) is 11.6 Å². The molecule has 6 heteroatoms. The molecule has 0 N–H and O–H groups in total. The predicted octanol–water partition coefficient (Wildman–Crippen LogP) is 5.00. The minimum atomic E-state index is -0.932. The average molecular weight is 361 g/mol. The third-order valence-corrected chi connectivity index (χ3v) is 4.44. The summed E-state index contributed by atoms with van der Waals surface area (Å²) in [5.41, 5.74) is 1.69. The Bertz CT molecular complexity index is 961. The largest absolute Gasteiger partial charge is 0.335 e. The van der Waals surface area contributed by atoms with Crippen LogP contribution in [-0.4, -0.2) is 22.8 Å². The van der Waals surface area contributed by atoms with Gasteiger partial charge in [0.25, 0.3) is 5.91 Å². The van der Waals surface area contributed by atoms with Crippen molar-refractivity contribution >= 4 is 28.4 Å². The Hall–Kier alpha value is -2.53. The Balaban J connectivity index is 1.88. The molecule has 0 saturated carbocycles. The van der Waals surface area contributed by atoms with Gasteiger partial charge in [-0.2, -0.15) is 0 Å². The highest BCUT2D eigenvalue weighted by molar-refractivity contribution is 6.29. The molecule has 1 heterocycles. The summed E-state index contributed by atoms with van der Waals surface area (Å²) < 4.78 is 26.5. The summed E-state index contributed by atoms with van der Waals surface area (Å²) in [4.78, 5) is 18.4. The molecule has 0 aliphatic rings. The molecule has 3 aromatic rings. The molecule has 1 amide bonds. The lowest BCUT2D eigenvalue weighted by Gasteiger charge is -2.25. The van der Waals surface area contributed by atoms with E-state index in [0.717, 1.165) is 17.5 Å². The van der Waals surface area contributed by atoms with Gasteiger partial charge in [-0.1, -0.05) is 17.7 Å². The Morgan fingerprint density at radius 2 is 1.84 bits per heavy atom. The first-order chi connectivity index (χ1) is 11.9. The number of carbonyl (C=O) groups excluding carboxylic acids is 1. The second kappa shape index (κ2) is 6.76. The van der Waals surface area contributed by atoms with Gasteiger partial charge in [-0.05, 0) is 55.0 Å². The highest BCUT2D eigenvalue weighted by atomic mass is 35.5. The molecule has 1 aromatic heterocycles. The zero-order valence-corrected chi connectivity index (χ0v) is 14.4. The maximum absolute atomic E-state index is 13.4. The zero-order valence-electron chi connectivity index (χ0n) is 13.6. The number of pyridine rings is 1. The van der Waals surface area contributed by atoms with Gasteiger partial charge in [0.2, 0.25) is 0 Å². The van der Waals surface area contributed by atoms with E-state index in [2.05, 4.69) is 4.98 Å². The molecule has 128 valence electrons. The molecule has 0 spiro atoms. The summed E-state index contributed by atoms with van der Waals surface area (Å²) in [6.45, 7) is 1.76. The molecular formula is C19H15ClF2N2O. The minimum Gasteiger partial charge on any atom is -0.335 e. The lowest BCUT2D eigenvalue weighted by atomic mass is 10.0. The monoisotopic (exact) mass is 360 g/mol. The van der Waals surface area contributed by atoms with Gasteiger partial charge in [-0.25, -0.2) is 13.8 Å². The van der Waals surface area contributed by atoms with Crippen molar-refractivity contribution in [3.63, 3.8) is 0 Å². The number of hydrogen-bond acceptors (Lipinski definition) is 2. The summed E-state index contributed by atoms with van der Waals surface area (Å²) >= 11 is 5.86. The van der Waals surface area contributed by atoms with Crippen LogP contribution in [0.1, 0.15) is 28.9 Å². The first kappa shape index (κ1) is 17.3. The summed E-state index contributed by atoms with van der Waals surface area (Å²) in [6, 6.07) is 11.8. The molecule has 0 aliphatic heterocycles. The van der Waals surface area contributed by atoms with Crippen molar-refractivity contribution in [2.24, 2.45) is 0 Å². The molecule has 1 unspecified atom stereocenters. The molecule has 3 rings (SSSR count). The van der Waals surface area contributed by atoms with Gasteiger partial charge >= 0.3 is 0 Å². The highest BCUT2D eigenvalue weighted by Crippen LogP contribution is 2.24.